The number of carbonyl (C=O) groups is 1. The van der Waals surface area contributed by atoms with Gasteiger partial charge < -0.3 is 19.4 Å². The monoisotopic (exact) mass is 291 g/mol. The predicted molar refractivity (Wildman–Crippen MR) is 81.8 cm³/mol. The number of likely N-dealkylation sites (N-methyl/N-ethyl adjacent to an activating group) is 1. The molecule has 21 heavy (non-hydrogen) atoms. The Hall–Kier alpha value is -1.53. The minimum absolute atomic E-state index is 0.0111. The van der Waals surface area contributed by atoms with Crippen LogP contribution in [-0.2, 0) is 14.1 Å². The minimum Gasteiger partial charge on any atom is -0.484 e. The molecular formula is C15H22BNO4. The second-order valence-corrected chi connectivity index (χ2v) is 5.82. The Kier molecular flexibility index (Phi) is 4.59. The van der Waals surface area contributed by atoms with Gasteiger partial charge in [-0.1, -0.05) is 12.1 Å². The summed E-state index contributed by atoms with van der Waals surface area (Å²) in [6.07, 6.45) is 0.0342. The first-order valence-electron chi connectivity index (χ1n) is 7.10. The lowest BCUT2D eigenvalue weighted by atomic mass is 9.78. The highest BCUT2D eigenvalue weighted by atomic mass is 16.7. The van der Waals surface area contributed by atoms with E-state index in [9.17, 15) is 4.79 Å². The molecule has 0 saturated carbocycles. The number of ether oxygens (including phenoxy) is 1. The molecule has 0 bridgehead atoms. The van der Waals surface area contributed by atoms with Crippen molar-refractivity contribution < 1.29 is 18.8 Å². The van der Waals surface area contributed by atoms with Crippen molar-refractivity contribution in [1.29, 1.82) is 0 Å². The van der Waals surface area contributed by atoms with E-state index in [4.69, 9.17) is 14.0 Å². The van der Waals surface area contributed by atoms with Crippen LogP contribution in [0, 0.1) is 6.92 Å². The van der Waals surface area contributed by atoms with E-state index in [2.05, 4.69) is 5.32 Å². The Morgan fingerprint density at radius 2 is 2.19 bits per heavy atom. The van der Waals surface area contributed by atoms with Gasteiger partial charge in [-0.15, -0.1) is 0 Å². The Bertz CT molecular complexity index is 532. The molecule has 1 heterocycles. The highest BCUT2D eigenvalue weighted by Crippen LogP contribution is 2.27. The molecule has 0 aliphatic carbocycles. The molecule has 6 heteroatoms. The molecular weight excluding hydrogens is 269 g/mol. The first-order chi connectivity index (χ1) is 9.83. The van der Waals surface area contributed by atoms with Crippen LogP contribution < -0.4 is 15.5 Å². The molecule has 1 saturated heterocycles. The number of hydrogen-bond donors (Lipinski definition) is 1. The van der Waals surface area contributed by atoms with Gasteiger partial charge in [0.2, 0.25) is 0 Å². The van der Waals surface area contributed by atoms with Crippen LogP contribution in [-0.4, -0.2) is 38.4 Å². The van der Waals surface area contributed by atoms with E-state index in [-0.39, 0.29) is 31.3 Å². The van der Waals surface area contributed by atoms with Crippen molar-refractivity contribution in [3.63, 3.8) is 0 Å². The lowest BCUT2D eigenvalue weighted by Crippen LogP contribution is -2.35. The van der Waals surface area contributed by atoms with Gasteiger partial charge in [0.1, 0.15) is 5.75 Å². The fourth-order valence-corrected chi connectivity index (χ4v) is 2.09. The molecule has 1 N–H and O–H groups in total. The van der Waals surface area contributed by atoms with E-state index in [1.165, 1.54) is 0 Å². The first kappa shape index (κ1) is 15.9. The highest BCUT2D eigenvalue weighted by molar-refractivity contribution is 6.62. The molecule has 1 aromatic rings. The molecule has 1 amide bonds. The van der Waals surface area contributed by atoms with Crippen molar-refractivity contribution in [3.05, 3.63) is 23.8 Å². The summed E-state index contributed by atoms with van der Waals surface area (Å²) in [5.41, 5.74) is 1.60. The largest absolute Gasteiger partial charge is 0.494 e. The summed E-state index contributed by atoms with van der Waals surface area (Å²) in [5, 5.41) is 2.52. The van der Waals surface area contributed by atoms with Gasteiger partial charge in [-0.3, -0.25) is 4.79 Å². The van der Waals surface area contributed by atoms with Crippen LogP contribution in [0.3, 0.4) is 0 Å². The number of nitrogens with one attached hydrogen (secondary N) is 1. The van der Waals surface area contributed by atoms with Gasteiger partial charge in [0.05, 0.1) is 11.7 Å². The topological polar surface area (TPSA) is 56.8 Å². The van der Waals surface area contributed by atoms with Crippen LogP contribution in [0.4, 0.5) is 0 Å². The van der Waals surface area contributed by atoms with E-state index in [0.29, 0.717) is 5.75 Å². The minimum atomic E-state index is -0.360. The van der Waals surface area contributed by atoms with Gasteiger partial charge in [-0.2, -0.15) is 0 Å². The maximum atomic E-state index is 11.2. The molecule has 1 unspecified atom stereocenters. The van der Waals surface area contributed by atoms with Crippen molar-refractivity contribution in [1.82, 2.24) is 5.32 Å². The second-order valence-electron chi connectivity index (χ2n) is 5.82. The number of aryl methyl sites for hydroxylation is 1. The third-order valence-corrected chi connectivity index (χ3v) is 3.83. The van der Waals surface area contributed by atoms with E-state index < -0.39 is 0 Å². The number of benzene rings is 1. The Balaban J connectivity index is 2.07. The van der Waals surface area contributed by atoms with Crippen LogP contribution in [0.1, 0.15) is 26.3 Å². The molecule has 0 radical (unpaired) electrons. The normalized spacial score (nSPS) is 20.4. The number of amides is 1. The fourth-order valence-electron chi connectivity index (χ4n) is 2.09. The van der Waals surface area contributed by atoms with Crippen LogP contribution in [0.2, 0.25) is 0 Å². The van der Waals surface area contributed by atoms with Gasteiger partial charge in [-0.25, -0.2) is 0 Å². The van der Waals surface area contributed by atoms with Crippen LogP contribution in [0.25, 0.3) is 0 Å². The van der Waals surface area contributed by atoms with Crippen LogP contribution in [0.5, 0.6) is 5.75 Å². The quantitative estimate of drug-likeness (QED) is 0.842. The maximum absolute atomic E-state index is 11.2. The molecule has 1 aliphatic heterocycles. The van der Waals surface area contributed by atoms with Crippen molar-refractivity contribution in [3.8, 4) is 5.75 Å². The van der Waals surface area contributed by atoms with Gasteiger partial charge >= 0.3 is 7.12 Å². The summed E-state index contributed by atoms with van der Waals surface area (Å²) >= 11 is 0. The molecule has 2 rings (SSSR count). The lowest BCUT2D eigenvalue weighted by molar-refractivity contribution is -0.122. The molecule has 1 fully saturated rings. The molecule has 5 nitrogen and oxygen atoms in total. The lowest BCUT2D eigenvalue weighted by Gasteiger charge is -2.21. The number of hydrogen-bond acceptors (Lipinski definition) is 4. The summed E-state index contributed by atoms with van der Waals surface area (Å²) in [6, 6.07) is 5.72. The molecule has 0 spiro atoms. The van der Waals surface area contributed by atoms with Crippen molar-refractivity contribution in [2.75, 3.05) is 13.7 Å². The zero-order chi connectivity index (χ0) is 15.6. The summed E-state index contributed by atoms with van der Waals surface area (Å²) in [7, 11) is 1.22. The summed E-state index contributed by atoms with van der Waals surface area (Å²) < 4.78 is 17.3. The SMILES string of the molecule is CNC(=O)COc1ccc(B2OC(C)C(C)(C)O2)cc1C. The zero-order valence-electron chi connectivity index (χ0n) is 13.2. The highest BCUT2D eigenvalue weighted by Gasteiger charge is 2.43. The molecule has 114 valence electrons. The standard InChI is InChI=1S/C15H22BNO4/c1-10-8-12(16-20-11(2)15(3,4)21-16)6-7-13(10)19-9-14(18)17-5/h6-8,11H,9H2,1-5H3,(H,17,18). The van der Waals surface area contributed by atoms with E-state index >= 15 is 0 Å². The smallest absolute Gasteiger partial charge is 0.484 e. The van der Waals surface area contributed by atoms with Gasteiger partial charge in [-0.05, 0) is 44.8 Å². The molecule has 1 aromatic carbocycles. The maximum Gasteiger partial charge on any atom is 0.494 e. The third kappa shape index (κ3) is 3.57. The van der Waals surface area contributed by atoms with E-state index in [1.54, 1.807) is 7.05 Å². The Morgan fingerprint density at radius 1 is 1.48 bits per heavy atom. The average Bonchev–Trinajstić information content (AvgIpc) is 2.71. The third-order valence-electron chi connectivity index (χ3n) is 3.83. The van der Waals surface area contributed by atoms with E-state index in [0.717, 1.165) is 11.0 Å². The zero-order valence-corrected chi connectivity index (χ0v) is 13.2. The number of rotatable bonds is 4. The van der Waals surface area contributed by atoms with Crippen LogP contribution in [0.15, 0.2) is 18.2 Å². The van der Waals surface area contributed by atoms with Gasteiger partial charge in [0.15, 0.2) is 6.61 Å². The van der Waals surface area contributed by atoms with Gasteiger partial charge in [0, 0.05) is 7.05 Å². The molecule has 1 atom stereocenters. The van der Waals surface area contributed by atoms with Crippen molar-refractivity contribution >= 4 is 18.5 Å². The van der Waals surface area contributed by atoms with Crippen molar-refractivity contribution in [2.24, 2.45) is 0 Å². The second kappa shape index (κ2) is 6.07. The van der Waals surface area contributed by atoms with Crippen molar-refractivity contribution in [2.45, 2.75) is 39.4 Å². The first-order valence-corrected chi connectivity index (χ1v) is 7.10. The number of carbonyl (C=O) groups excluding carboxylic acids is 1. The summed E-state index contributed by atoms with van der Waals surface area (Å²) in [6.45, 7) is 7.99. The Labute approximate surface area is 126 Å². The molecule has 0 aromatic heterocycles. The average molecular weight is 291 g/mol. The molecule has 1 aliphatic rings. The van der Waals surface area contributed by atoms with Gasteiger partial charge in [0.25, 0.3) is 5.91 Å². The summed E-state index contributed by atoms with van der Waals surface area (Å²) in [4.78, 5) is 11.2. The summed E-state index contributed by atoms with van der Waals surface area (Å²) in [5.74, 6) is 0.532. The van der Waals surface area contributed by atoms with E-state index in [1.807, 2.05) is 45.9 Å². The fraction of sp³-hybridized carbons (Fsp3) is 0.533. The van der Waals surface area contributed by atoms with Crippen LogP contribution >= 0.6 is 0 Å². The predicted octanol–water partition coefficient (Wildman–Crippen LogP) is 1.03. The Morgan fingerprint density at radius 3 is 2.71 bits per heavy atom.